The van der Waals surface area contributed by atoms with Crippen LogP contribution in [0.2, 0.25) is 0 Å². The SMILES string of the molecule is CC1OC(C)C2CN(C(=O)OC3(C)CC3)CC1C2Oc1ncnc(Nc2ccc(C#N)cc2F)c1C#N. The minimum Gasteiger partial charge on any atom is -0.472 e. The summed E-state index contributed by atoms with van der Waals surface area (Å²) in [5, 5.41) is 21.7. The molecule has 2 aromatic rings. The fourth-order valence-electron chi connectivity index (χ4n) is 4.95. The molecular formula is C26H27FN6O4. The predicted molar refractivity (Wildman–Crippen MR) is 128 cm³/mol. The Morgan fingerprint density at radius 2 is 1.89 bits per heavy atom. The molecule has 1 aliphatic carbocycles. The number of likely N-dealkylation sites (tertiary alicyclic amines) is 1. The number of anilines is 2. The summed E-state index contributed by atoms with van der Waals surface area (Å²) in [6.07, 6.45) is 1.86. The molecule has 5 rings (SSSR count). The molecule has 2 saturated heterocycles. The Bertz CT molecular complexity index is 1280. The molecular weight excluding hydrogens is 479 g/mol. The van der Waals surface area contributed by atoms with Crippen LogP contribution >= 0.6 is 0 Å². The van der Waals surface area contributed by atoms with Crippen LogP contribution in [0, 0.1) is 40.3 Å². The number of hydrogen-bond donors (Lipinski definition) is 1. The first-order chi connectivity index (χ1) is 17.7. The maximum Gasteiger partial charge on any atom is 0.410 e. The molecule has 2 aliphatic heterocycles. The van der Waals surface area contributed by atoms with E-state index in [-0.39, 0.29) is 70.4 Å². The van der Waals surface area contributed by atoms with Crippen LogP contribution in [-0.2, 0) is 9.47 Å². The van der Waals surface area contributed by atoms with E-state index in [1.807, 2.05) is 26.8 Å². The van der Waals surface area contributed by atoms with E-state index in [4.69, 9.17) is 19.5 Å². The van der Waals surface area contributed by atoms with Gasteiger partial charge in [-0.3, -0.25) is 0 Å². The highest BCUT2D eigenvalue weighted by atomic mass is 19.1. The lowest BCUT2D eigenvalue weighted by atomic mass is 9.77. The number of halogens is 1. The van der Waals surface area contributed by atoms with E-state index < -0.39 is 5.82 Å². The van der Waals surface area contributed by atoms with Gasteiger partial charge in [-0.1, -0.05) is 0 Å². The van der Waals surface area contributed by atoms with Gasteiger partial charge >= 0.3 is 6.09 Å². The van der Waals surface area contributed by atoms with Crippen LogP contribution in [-0.4, -0.2) is 58.0 Å². The number of ether oxygens (including phenoxy) is 3. The second-order valence-electron chi connectivity index (χ2n) is 10.1. The zero-order valence-electron chi connectivity index (χ0n) is 20.8. The van der Waals surface area contributed by atoms with Crippen LogP contribution in [0.5, 0.6) is 5.88 Å². The van der Waals surface area contributed by atoms with Gasteiger partial charge in [-0.15, -0.1) is 0 Å². The highest BCUT2D eigenvalue weighted by Crippen LogP contribution is 2.42. The molecule has 3 aliphatic rings. The fourth-order valence-corrected chi connectivity index (χ4v) is 4.95. The van der Waals surface area contributed by atoms with Crippen LogP contribution in [0.15, 0.2) is 24.5 Å². The molecule has 4 atom stereocenters. The molecule has 37 heavy (non-hydrogen) atoms. The van der Waals surface area contributed by atoms with Crippen LogP contribution < -0.4 is 10.1 Å². The van der Waals surface area contributed by atoms with Crippen molar-refractivity contribution >= 4 is 17.6 Å². The van der Waals surface area contributed by atoms with Crippen LogP contribution in [0.25, 0.3) is 0 Å². The van der Waals surface area contributed by atoms with E-state index in [9.17, 15) is 14.4 Å². The highest BCUT2D eigenvalue weighted by Gasteiger charge is 2.51. The van der Waals surface area contributed by atoms with E-state index in [0.29, 0.717) is 13.1 Å². The van der Waals surface area contributed by atoms with E-state index in [2.05, 4.69) is 21.4 Å². The number of nitrogens with one attached hydrogen (secondary N) is 1. The number of nitriles is 2. The van der Waals surface area contributed by atoms with Gasteiger partial charge in [-0.25, -0.2) is 19.2 Å². The Hall–Kier alpha value is -3.96. The van der Waals surface area contributed by atoms with Crippen molar-refractivity contribution in [3.63, 3.8) is 0 Å². The Kier molecular flexibility index (Phi) is 6.34. The van der Waals surface area contributed by atoms with Crippen molar-refractivity contribution < 1.29 is 23.4 Å². The molecule has 1 saturated carbocycles. The molecule has 3 fully saturated rings. The number of fused-ring (bicyclic) bond motifs is 2. The maximum atomic E-state index is 14.5. The zero-order chi connectivity index (χ0) is 26.3. The van der Waals surface area contributed by atoms with Gasteiger partial charge in [0, 0.05) is 24.9 Å². The van der Waals surface area contributed by atoms with Crippen molar-refractivity contribution in [2.45, 2.75) is 57.5 Å². The third kappa shape index (κ3) is 4.87. The van der Waals surface area contributed by atoms with Crippen molar-refractivity contribution in [2.24, 2.45) is 11.8 Å². The minimum absolute atomic E-state index is 0.0223. The summed E-state index contributed by atoms with van der Waals surface area (Å²) in [5.41, 5.74) is -0.111. The van der Waals surface area contributed by atoms with Gasteiger partial charge in [0.25, 0.3) is 0 Å². The average Bonchev–Trinajstić information content (AvgIpc) is 3.60. The Morgan fingerprint density at radius 1 is 1.19 bits per heavy atom. The van der Waals surface area contributed by atoms with Crippen LogP contribution in [0.1, 0.15) is 44.7 Å². The molecule has 1 N–H and O–H groups in total. The monoisotopic (exact) mass is 506 g/mol. The van der Waals surface area contributed by atoms with Crippen molar-refractivity contribution in [3.8, 4) is 18.0 Å². The molecule has 0 radical (unpaired) electrons. The van der Waals surface area contributed by atoms with E-state index in [1.54, 1.807) is 4.90 Å². The summed E-state index contributed by atoms with van der Waals surface area (Å²) in [4.78, 5) is 22.9. The lowest BCUT2D eigenvalue weighted by Crippen LogP contribution is -2.63. The summed E-state index contributed by atoms with van der Waals surface area (Å²) < 4.78 is 32.6. The summed E-state index contributed by atoms with van der Waals surface area (Å²) >= 11 is 0. The lowest BCUT2D eigenvalue weighted by molar-refractivity contribution is -0.181. The molecule has 11 heteroatoms. The number of carbonyl (C=O) groups excluding carboxylic acids is 1. The number of nitrogens with zero attached hydrogens (tertiary/aromatic N) is 5. The third-order valence-corrected chi connectivity index (χ3v) is 7.41. The topological polar surface area (TPSA) is 133 Å². The van der Waals surface area contributed by atoms with Crippen molar-refractivity contribution in [1.82, 2.24) is 14.9 Å². The highest BCUT2D eigenvalue weighted by molar-refractivity contribution is 5.69. The predicted octanol–water partition coefficient (Wildman–Crippen LogP) is 3.89. The quantitative estimate of drug-likeness (QED) is 0.641. The fraction of sp³-hybridized carbons (Fsp3) is 0.500. The summed E-state index contributed by atoms with van der Waals surface area (Å²) in [6, 6.07) is 7.90. The molecule has 1 aromatic carbocycles. The summed E-state index contributed by atoms with van der Waals surface area (Å²) in [7, 11) is 0. The molecule has 192 valence electrons. The maximum absolute atomic E-state index is 14.5. The molecule has 3 heterocycles. The van der Waals surface area contributed by atoms with Gasteiger partial charge in [0.05, 0.1) is 29.5 Å². The van der Waals surface area contributed by atoms with Gasteiger partial charge in [0.2, 0.25) is 5.88 Å². The zero-order valence-corrected chi connectivity index (χ0v) is 20.8. The average molecular weight is 507 g/mol. The Balaban J connectivity index is 1.38. The summed E-state index contributed by atoms with van der Waals surface area (Å²) in [6.45, 7) is 6.59. The summed E-state index contributed by atoms with van der Waals surface area (Å²) in [5.74, 6) is -0.862. The molecule has 2 bridgehead atoms. The number of piperidine rings is 1. The number of rotatable bonds is 5. The number of carbonyl (C=O) groups is 1. The van der Waals surface area contributed by atoms with Gasteiger partial charge in [-0.2, -0.15) is 10.5 Å². The van der Waals surface area contributed by atoms with Crippen molar-refractivity contribution in [3.05, 3.63) is 41.5 Å². The lowest BCUT2D eigenvalue weighted by Gasteiger charge is -2.51. The number of aromatic nitrogens is 2. The standard InChI is InChI=1S/C26H27FN6O4/c1-14-18-11-33(25(34)37-26(3)6-7-26)12-19(15(2)35-14)22(18)36-24-17(10-29)23(30-13-31-24)32-21-5-4-16(9-28)8-20(21)27/h4-5,8,13-15,18-19,22H,6-7,11-12H2,1-3H3,(H,30,31,32). The molecule has 4 unspecified atom stereocenters. The second-order valence-corrected chi connectivity index (χ2v) is 10.1. The van der Waals surface area contributed by atoms with E-state index in [0.717, 1.165) is 18.9 Å². The van der Waals surface area contributed by atoms with Gasteiger partial charge in [0.1, 0.15) is 29.9 Å². The molecule has 0 spiro atoms. The largest absolute Gasteiger partial charge is 0.472 e. The van der Waals surface area contributed by atoms with Crippen LogP contribution in [0.4, 0.5) is 20.7 Å². The smallest absolute Gasteiger partial charge is 0.410 e. The van der Waals surface area contributed by atoms with Crippen molar-refractivity contribution in [1.29, 1.82) is 10.5 Å². The Morgan fingerprint density at radius 3 is 2.49 bits per heavy atom. The first-order valence-corrected chi connectivity index (χ1v) is 12.2. The van der Waals surface area contributed by atoms with Crippen LogP contribution in [0.3, 0.4) is 0 Å². The third-order valence-electron chi connectivity index (χ3n) is 7.41. The number of amides is 1. The first kappa shape index (κ1) is 24.7. The second kappa shape index (κ2) is 9.49. The molecule has 1 amide bonds. The van der Waals surface area contributed by atoms with E-state index >= 15 is 0 Å². The number of hydrogen-bond acceptors (Lipinski definition) is 9. The van der Waals surface area contributed by atoms with Crippen molar-refractivity contribution in [2.75, 3.05) is 18.4 Å². The Labute approximate surface area is 214 Å². The first-order valence-electron chi connectivity index (χ1n) is 12.2. The minimum atomic E-state index is -0.655. The molecule has 10 nitrogen and oxygen atoms in total. The normalized spacial score (nSPS) is 27.4. The van der Waals surface area contributed by atoms with E-state index in [1.165, 1.54) is 18.5 Å². The molecule has 1 aromatic heterocycles. The van der Waals surface area contributed by atoms with Gasteiger partial charge < -0.3 is 24.4 Å². The van der Waals surface area contributed by atoms with Gasteiger partial charge in [-0.05, 0) is 51.8 Å². The number of benzene rings is 1. The van der Waals surface area contributed by atoms with Gasteiger partial charge in [0.15, 0.2) is 11.4 Å².